The van der Waals surface area contributed by atoms with Crippen LogP contribution in [0.3, 0.4) is 0 Å². The molecule has 1 aromatic carbocycles. The zero-order chi connectivity index (χ0) is 17.2. The van der Waals surface area contributed by atoms with Crippen LogP contribution in [0.15, 0.2) is 30.5 Å². The highest BCUT2D eigenvalue weighted by Gasteiger charge is 2.23. The lowest BCUT2D eigenvalue weighted by atomic mass is 10.2. The molecule has 1 fully saturated rings. The molecule has 0 radical (unpaired) electrons. The quantitative estimate of drug-likeness (QED) is 0.851. The Morgan fingerprint density at radius 2 is 2.12 bits per heavy atom. The van der Waals surface area contributed by atoms with E-state index in [4.69, 9.17) is 9.47 Å². The van der Waals surface area contributed by atoms with Gasteiger partial charge in [0.1, 0.15) is 19.0 Å². The third-order valence-electron chi connectivity index (χ3n) is 4.39. The van der Waals surface area contributed by atoms with E-state index in [0.29, 0.717) is 24.9 Å². The first-order valence-electron chi connectivity index (χ1n) is 8.60. The summed E-state index contributed by atoms with van der Waals surface area (Å²) in [5.41, 5.74) is 1.87. The van der Waals surface area contributed by atoms with Gasteiger partial charge in [0, 0.05) is 18.2 Å². The Hall–Kier alpha value is -2.76. The maximum Gasteiger partial charge on any atom is 0.249 e. The van der Waals surface area contributed by atoms with Crippen LogP contribution < -0.4 is 14.8 Å². The normalized spacial score (nSPS) is 16.2. The van der Waals surface area contributed by atoms with Crippen molar-refractivity contribution in [2.24, 2.45) is 5.92 Å². The molecule has 1 aromatic heterocycles. The Morgan fingerprint density at radius 3 is 2.92 bits per heavy atom. The summed E-state index contributed by atoms with van der Waals surface area (Å²) in [6.07, 6.45) is 7.58. The van der Waals surface area contributed by atoms with E-state index in [0.717, 1.165) is 29.2 Å². The lowest BCUT2D eigenvalue weighted by molar-refractivity contribution is -0.111. The lowest BCUT2D eigenvalue weighted by Crippen LogP contribution is -2.15. The van der Waals surface area contributed by atoms with Crippen LogP contribution >= 0.6 is 0 Å². The molecule has 1 N–H and O–H groups in total. The molecule has 6 heteroatoms. The molecule has 2 heterocycles. The highest BCUT2D eigenvalue weighted by Crippen LogP contribution is 2.32. The average molecular weight is 339 g/mol. The van der Waals surface area contributed by atoms with Crippen LogP contribution in [0.25, 0.3) is 6.08 Å². The topological polar surface area (TPSA) is 65.4 Å². The molecule has 2 aliphatic rings. The van der Waals surface area contributed by atoms with Crippen LogP contribution in [-0.4, -0.2) is 28.9 Å². The van der Waals surface area contributed by atoms with Gasteiger partial charge in [-0.05, 0) is 49.5 Å². The van der Waals surface area contributed by atoms with Gasteiger partial charge in [0.05, 0.1) is 6.20 Å². The summed E-state index contributed by atoms with van der Waals surface area (Å²) in [6, 6.07) is 5.64. The predicted octanol–water partition coefficient (Wildman–Crippen LogP) is 3.02. The van der Waals surface area contributed by atoms with E-state index in [1.165, 1.54) is 18.9 Å². The number of fused-ring (bicyclic) bond motifs is 1. The molecule has 0 spiro atoms. The van der Waals surface area contributed by atoms with Gasteiger partial charge in [0.2, 0.25) is 5.91 Å². The summed E-state index contributed by atoms with van der Waals surface area (Å²) in [5.74, 6) is 2.77. The molecule has 1 aliphatic carbocycles. The second kappa shape index (κ2) is 6.63. The monoisotopic (exact) mass is 339 g/mol. The minimum Gasteiger partial charge on any atom is -0.486 e. The van der Waals surface area contributed by atoms with Gasteiger partial charge in [-0.2, -0.15) is 5.10 Å². The van der Waals surface area contributed by atoms with Gasteiger partial charge in [0.25, 0.3) is 0 Å². The summed E-state index contributed by atoms with van der Waals surface area (Å²) in [4.78, 5) is 12.3. The summed E-state index contributed by atoms with van der Waals surface area (Å²) in [6.45, 7) is 3.94. The molecule has 25 heavy (non-hydrogen) atoms. The van der Waals surface area contributed by atoms with Gasteiger partial charge in [-0.25, -0.2) is 4.68 Å². The van der Waals surface area contributed by atoms with E-state index < -0.39 is 0 Å². The van der Waals surface area contributed by atoms with Crippen LogP contribution in [0.1, 0.15) is 24.0 Å². The molecule has 0 saturated heterocycles. The second-order valence-corrected chi connectivity index (χ2v) is 6.53. The number of hydrogen-bond acceptors (Lipinski definition) is 4. The molecule has 6 nitrogen and oxygen atoms in total. The first-order valence-corrected chi connectivity index (χ1v) is 8.60. The molecule has 1 saturated carbocycles. The van der Waals surface area contributed by atoms with Crippen LogP contribution in [0.5, 0.6) is 11.5 Å². The van der Waals surface area contributed by atoms with Crippen molar-refractivity contribution in [1.29, 1.82) is 0 Å². The molecule has 1 amide bonds. The molecular formula is C19H21N3O3. The minimum absolute atomic E-state index is 0.171. The molecule has 0 bridgehead atoms. The number of aryl methyl sites for hydroxylation is 1. The molecule has 0 unspecified atom stereocenters. The van der Waals surface area contributed by atoms with E-state index in [2.05, 4.69) is 10.4 Å². The van der Waals surface area contributed by atoms with E-state index >= 15 is 0 Å². The first-order chi connectivity index (χ1) is 12.2. The van der Waals surface area contributed by atoms with Crippen LogP contribution in [-0.2, 0) is 11.3 Å². The predicted molar refractivity (Wildman–Crippen MR) is 94.8 cm³/mol. The molecular weight excluding hydrogens is 318 g/mol. The average Bonchev–Trinajstić information content (AvgIpc) is 3.39. The molecule has 0 atom stereocenters. The van der Waals surface area contributed by atoms with Crippen LogP contribution in [0.4, 0.5) is 5.82 Å². The number of carbonyl (C=O) groups excluding carboxylic acids is 1. The van der Waals surface area contributed by atoms with Crippen molar-refractivity contribution in [2.45, 2.75) is 26.3 Å². The van der Waals surface area contributed by atoms with Crippen LogP contribution in [0, 0.1) is 12.8 Å². The molecule has 2 aromatic rings. The highest BCUT2D eigenvalue weighted by molar-refractivity contribution is 6.01. The van der Waals surface area contributed by atoms with E-state index in [-0.39, 0.29) is 5.91 Å². The fourth-order valence-electron chi connectivity index (χ4n) is 2.82. The summed E-state index contributed by atoms with van der Waals surface area (Å²) < 4.78 is 13.0. The number of hydrogen-bond donors (Lipinski definition) is 1. The Bertz CT molecular complexity index is 821. The number of amides is 1. The fourth-order valence-corrected chi connectivity index (χ4v) is 2.82. The minimum atomic E-state index is -0.171. The van der Waals surface area contributed by atoms with E-state index in [1.807, 2.05) is 29.8 Å². The Balaban J connectivity index is 1.43. The van der Waals surface area contributed by atoms with Gasteiger partial charge >= 0.3 is 0 Å². The van der Waals surface area contributed by atoms with Crippen molar-refractivity contribution in [3.63, 3.8) is 0 Å². The van der Waals surface area contributed by atoms with E-state index in [1.54, 1.807) is 12.3 Å². The number of aromatic nitrogens is 2. The lowest BCUT2D eigenvalue weighted by Gasteiger charge is -2.18. The van der Waals surface area contributed by atoms with Gasteiger partial charge in [0.15, 0.2) is 11.5 Å². The summed E-state index contributed by atoms with van der Waals surface area (Å²) >= 11 is 0. The highest BCUT2D eigenvalue weighted by atomic mass is 16.6. The number of ether oxygens (including phenoxy) is 2. The van der Waals surface area contributed by atoms with Crippen molar-refractivity contribution in [3.05, 3.63) is 41.6 Å². The smallest absolute Gasteiger partial charge is 0.249 e. The van der Waals surface area contributed by atoms with Gasteiger partial charge in [-0.1, -0.05) is 6.07 Å². The summed E-state index contributed by atoms with van der Waals surface area (Å²) in [7, 11) is 0. The van der Waals surface area contributed by atoms with Gasteiger partial charge in [-0.3, -0.25) is 4.79 Å². The zero-order valence-corrected chi connectivity index (χ0v) is 14.2. The maximum absolute atomic E-state index is 12.3. The van der Waals surface area contributed by atoms with Gasteiger partial charge < -0.3 is 14.8 Å². The van der Waals surface area contributed by atoms with Gasteiger partial charge in [-0.15, -0.1) is 0 Å². The molecule has 4 rings (SSSR count). The zero-order valence-electron chi connectivity index (χ0n) is 14.2. The Labute approximate surface area is 146 Å². The molecule has 130 valence electrons. The SMILES string of the molecule is Cc1cnn(CC2CC2)c1NC(=O)/C=C\c1ccc2c(c1)OCCO2. The number of anilines is 1. The number of rotatable bonds is 5. The fraction of sp³-hybridized carbons (Fsp3) is 0.368. The number of benzene rings is 1. The third-order valence-corrected chi connectivity index (χ3v) is 4.39. The Kier molecular flexibility index (Phi) is 4.17. The van der Waals surface area contributed by atoms with Crippen molar-refractivity contribution >= 4 is 17.8 Å². The maximum atomic E-state index is 12.3. The largest absolute Gasteiger partial charge is 0.486 e. The number of nitrogens with one attached hydrogen (secondary N) is 1. The third kappa shape index (κ3) is 3.68. The van der Waals surface area contributed by atoms with Crippen molar-refractivity contribution < 1.29 is 14.3 Å². The number of nitrogens with zero attached hydrogens (tertiary/aromatic N) is 2. The number of carbonyl (C=O) groups is 1. The van der Waals surface area contributed by atoms with Crippen molar-refractivity contribution in [2.75, 3.05) is 18.5 Å². The van der Waals surface area contributed by atoms with Crippen molar-refractivity contribution in [3.8, 4) is 11.5 Å². The first kappa shape index (κ1) is 15.7. The van der Waals surface area contributed by atoms with Crippen LogP contribution in [0.2, 0.25) is 0 Å². The summed E-state index contributed by atoms with van der Waals surface area (Å²) in [5, 5.41) is 7.31. The second-order valence-electron chi connectivity index (χ2n) is 6.53. The molecule has 1 aliphatic heterocycles. The van der Waals surface area contributed by atoms with E-state index in [9.17, 15) is 4.79 Å². The standard InChI is InChI=1S/C19H21N3O3/c1-13-11-20-22(12-15-2-3-15)19(13)21-18(23)7-5-14-4-6-16-17(10-14)25-9-8-24-16/h4-7,10-11,15H,2-3,8-9,12H2,1H3,(H,21,23)/b7-5-. The van der Waals surface area contributed by atoms with Crippen molar-refractivity contribution in [1.82, 2.24) is 9.78 Å². The Morgan fingerprint density at radius 1 is 1.32 bits per heavy atom.